The Labute approximate surface area is 93.9 Å². The van der Waals surface area contributed by atoms with E-state index in [1.54, 1.807) is 12.3 Å². The SMILES string of the molecule is Cc1nccc(NCC2(C(=O)O)CCC2)n1. The van der Waals surface area contributed by atoms with E-state index in [2.05, 4.69) is 15.3 Å². The van der Waals surface area contributed by atoms with Crippen LogP contribution in [0.25, 0.3) is 0 Å². The van der Waals surface area contributed by atoms with Crippen LogP contribution in [0.1, 0.15) is 25.1 Å². The van der Waals surface area contributed by atoms with Gasteiger partial charge in [0.2, 0.25) is 0 Å². The third-order valence-electron chi connectivity index (χ3n) is 3.15. The van der Waals surface area contributed by atoms with Gasteiger partial charge in [0.25, 0.3) is 0 Å². The molecule has 16 heavy (non-hydrogen) atoms. The molecule has 0 atom stereocenters. The molecule has 1 fully saturated rings. The van der Waals surface area contributed by atoms with Gasteiger partial charge >= 0.3 is 5.97 Å². The molecule has 1 aliphatic carbocycles. The van der Waals surface area contributed by atoms with Crippen LogP contribution in [0.3, 0.4) is 0 Å². The molecular weight excluding hydrogens is 206 g/mol. The van der Waals surface area contributed by atoms with E-state index in [1.807, 2.05) is 6.92 Å². The van der Waals surface area contributed by atoms with E-state index in [0.717, 1.165) is 19.3 Å². The Hall–Kier alpha value is -1.65. The number of nitrogens with zero attached hydrogens (tertiary/aromatic N) is 2. The lowest BCUT2D eigenvalue weighted by Gasteiger charge is -2.37. The van der Waals surface area contributed by atoms with Gasteiger partial charge in [0, 0.05) is 12.7 Å². The predicted octanol–water partition coefficient (Wildman–Crippen LogP) is 1.45. The summed E-state index contributed by atoms with van der Waals surface area (Å²) in [6.07, 6.45) is 4.16. The fourth-order valence-electron chi connectivity index (χ4n) is 1.88. The normalized spacial score (nSPS) is 17.6. The second-order valence-electron chi connectivity index (χ2n) is 4.28. The predicted molar refractivity (Wildman–Crippen MR) is 59.2 cm³/mol. The zero-order valence-corrected chi connectivity index (χ0v) is 9.23. The number of hydrogen-bond acceptors (Lipinski definition) is 4. The Morgan fingerprint density at radius 3 is 2.88 bits per heavy atom. The number of carbonyl (C=O) groups is 1. The zero-order valence-electron chi connectivity index (χ0n) is 9.23. The summed E-state index contributed by atoms with van der Waals surface area (Å²) in [6, 6.07) is 1.75. The summed E-state index contributed by atoms with van der Waals surface area (Å²) in [6.45, 7) is 2.25. The Kier molecular flexibility index (Phi) is 2.77. The number of carboxylic acid groups (broad SMARTS) is 1. The summed E-state index contributed by atoms with van der Waals surface area (Å²) in [5, 5.41) is 12.2. The van der Waals surface area contributed by atoms with Crippen molar-refractivity contribution in [1.82, 2.24) is 9.97 Å². The van der Waals surface area contributed by atoms with Gasteiger partial charge in [-0.2, -0.15) is 0 Å². The van der Waals surface area contributed by atoms with E-state index in [1.165, 1.54) is 0 Å². The highest BCUT2D eigenvalue weighted by molar-refractivity contribution is 5.76. The standard InChI is InChI=1S/C11H15N3O2/c1-8-12-6-3-9(14-8)13-7-11(10(15)16)4-2-5-11/h3,6H,2,4-5,7H2,1H3,(H,15,16)(H,12,13,14). The van der Waals surface area contributed by atoms with E-state index < -0.39 is 11.4 Å². The monoisotopic (exact) mass is 221 g/mol. The van der Waals surface area contributed by atoms with Crippen molar-refractivity contribution in [2.24, 2.45) is 5.41 Å². The molecule has 0 unspecified atom stereocenters. The molecule has 5 heteroatoms. The largest absolute Gasteiger partial charge is 0.481 e. The summed E-state index contributed by atoms with van der Waals surface area (Å²) in [7, 11) is 0. The van der Waals surface area contributed by atoms with Gasteiger partial charge in [0.1, 0.15) is 11.6 Å². The van der Waals surface area contributed by atoms with Crippen LogP contribution in [0.4, 0.5) is 5.82 Å². The van der Waals surface area contributed by atoms with Crippen molar-refractivity contribution in [2.75, 3.05) is 11.9 Å². The third-order valence-corrected chi connectivity index (χ3v) is 3.15. The number of hydrogen-bond donors (Lipinski definition) is 2. The molecule has 0 radical (unpaired) electrons. The second-order valence-corrected chi connectivity index (χ2v) is 4.28. The number of anilines is 1. The Bertz CT molecular complexity index is 402. The average molecular weight is 221 g/mol. The first-order valence-corrected chi connectivity index (χ1v) is 5.39. The minimum atomic E-state index is -0.711. The van der Waals surface area contributed by atoms with Crippen LogP contribution in [0.15, 0.2) is 12.3 Å². The molecule has 0 bridgehead atoms. The first-order chi connectivity index (χ1) is 7.62. The van der Waals surface area contributed by atoms with E-state index in [9.17, 15) is 4.79 Å². The van der Waals surface area contributed by atoms with Gasteiger partial charge in [-0.1, -0.05) is 6.42 Å². The molecule has 0 aliphatic heterocycles. The molecule has 86 valence electrons. The maximum absolute atomic E-state index is 11.1. The minimum absolute atomic E-state index is 0.443. The van der Waals surface area contributed by atoms with Crippen LogP contribution in [-0.4, -0.2) is 27.6 Å². The molecule has 5 nitrogen and oxygen atoms in total. The average Bonchev–Trinajstić information content (AvgIpc) is 2.15. The first kappa shape index (κ1) is 10.9. The summed E-state index contributed by atoms with van der Waals surface area (Å²) < 4.78 is 0. The molecule has 0 saturated heterocycles. The quantitative estimate of drug-likeness (QED) is 0.804. The number of aromatic nitrogens is 2. The molecule has 1 saturated carbocycles. The van der Waals surface area contributed by atoms with Gasteiger partial charge in [-0.3, -0.25) is 4.79 Å². The van der Waals surface area contributed by atoms with Gasteiger partial charge in [0.15, 0.2) is 0 Å². The van der Waals surface area contributed by atoms with Crippen molar-refractivity contribution in [3.63, 3.8) is 0 Å². The van der Waals surface area contributed by atoms with Crippen molar-refractivity contribution in [2.45, 2.75) is 26.2 Å². The van der Waals surface area contributed by atoms with Crippen LogP contribution in [0, 0.1) is 12.3 Å². The highest BCUT2D eigenvalue weighted by Gasteiger charge is 2.44. The highest BCUT2D eigenvalue weighted by Crippen LogP contribution is 2.41. The lowest BCUT2D eigenvalue weighted by atomic mass is 9.69. The molecule has 2 rings (SSSR count). The molecule has 0 amide bonds. The summed E-state index contributed by atoms with van der Waals surface area (Å²) in [5.74, 6) is 0.667. The molecule has 1 aliphatic rings. The van der Waals surface area contributed by atoms with E-state index in [0.29, 0.717) is 18.2 Å². The molecule has 1 aromatic rings. The van der Waals surface area contributed by atoms with Gasteiger partial charge in [-0.25, -0.2) is 9.97 Å². The molecular formula is C11H15N3O2. The van der Waals surface area contributed by atoms with Crippen molar-refractivity contribution < 1.29 is 9.90 Å². The smallest absolute Gasteiger partial charge is 0.311 e. The summed E-state index contributed by atoms with van der Waals surface area (Å²) in [4.78, 5) is 19.3. The lowest BCUT2D eigenvalue weighted by Crippen LogP contribution is -2.43. The minimum Gasteiger partial charge on any atom is -0.481 e. The van der Waals surface area contributed by atoms with Crippen molar-refractivity contribution >= 4 is 11.8 Å². The molecule has 0 spiro atoms. The second kappa shape index (κ2) is 4.08. The van der Waals surface area contributed by atoms with E-state index in [-0.39, 0.29) is 0 Å². The van der Waals surface area contributed by atoms with E-state index >= 15 is 0 Å². The van der Waals surface area contributed by atoms with Crippen molar-refractivity contribution in [3.05, 3.63) is 18.1 Å². The number of aryl methyl sites for hydroxylation is 1. The summed E-state index contributed by atoms with van der Waals surface area (Å²) in [5.41, 5.74) is -0.584. The Morgan fingerprint density at radius 2 is 2.38 bits per heavy atom. The van der Waals surface area contributed by atoms with Gasteiger partial charge in [0.05, 0.1) is 5.41 Å². The fourth-order valence-corrected chi connectivity index (χ4v) is 1.88. The maximum Gasteiger partial charge on any atom is 0.311 e. The molecule has 1 heterocycles. The van der Waals surface area contributed by atoms with Gasteiger partial charge in [-0.05, 0) is 25.8 Å². The summed E-state index contributed by atoms with van der Waals surface area (Å²) >= 11 is 0. The number of rotatable bonds is 4. The van der Waals surface area contributed by atoms with E-state index in [4.69, 9.17) is 5.11 Å². The molecule has 1 aromatic heterocycles. The van der Waals surface area contributed by atoms with Crippen LogP contribution < -0.4 is 5.32 Å². The fraction of sp³-hybridized carbons (Fsp3) is 0.545. The van der Waals surface area contributed by atoms with Crippen LogP contribution in [0.2, 0.25) is 0 Å². The van der Waals surface area contributed by atoms with Crippen LogP contribution in [0.5, 0.6) is 0 Å². The third kappa shape index (κ3) is 1.98. The highest BCUT2D eigenvalue weighted by atomic mass is 16.4. The molecule has 2 N–H and O–H groups in total. The Morgan fingerprint density at radius 1 is 1.62 bits per heavy atom. The Balaban J connectivity index is 1.99. The van der Waals surface area contributed by atoms with Crippen LogP contribution >= 0.6 is 0 Å². The first-order valence-electron chi connectivity index (χ1n) is 5.39. The van der Waals surface area contributed by atoms with Crippen molar-refractivity contribution in [1.29, 1.82) is 0 Å². The lowest BCUT2D eigenvalue weighted by molar-refractivity contribution is -0.153. The van der Waals surface area contributed by atoms with Crippen LogP contribution in [-0.2, 0) is 4.79 Å². The molecule has 0 aromatic carbocycles. The van der Waals surface area contributed by atoms with Crippen molar-refractivity contribution in [3.8, 4) is 0 Å². The maximum atomic E-state index is 11.1. The van der Waals surface area contributed by atoms with Gasteiger partial charge in [-0.15, -0.1) is 0 Å². The topological polar surface area (TPSA) is 75.1 Å². The number of nitrogens with one attached hydrogen (secondary N) is 1. The number of carboxylic acids is 1. The van der Waals surface area contributed by atoms with Gasteiger partial charge < -0.3 is 10.4 Å². The zero-order chi connectivity index (χ0) is 11.6. The number of aliphatic carboxylic acids is 1.